The van der Waals surface area contributed by atoms with Crippen LogP contribution in [0, 0.1) is 0 Å². The lowest BCUT2D eigenvalue weighted by atomic mass is 10.3. The molecule has 0 saturated carbocycles. The monoisotopic (exact) mass is 157 g/mol. The van der Waals surface area contributed by atoms with E-state index in [9.17, 15) is 4.79 Å². The van der Waals surface area contributed by atoms with Gasteiger partial charge in [0.1, 0.15) is 0 Å². The van der Waals surface area contributed by atoms with Crippen molar-refractivity contribution in [1.82, 2.24) is 5.32 Å². The second-order valence-corrected chi connectivity index (χ2v) is 2.82. The van der Waals surface area contributed by atoms with E-state index >= 15 is 0 Å². The normalized spacial score (nSPS) is 23.5. The van der Waals surface area contributed by atoms with Crippen molar-refractivity contribution in [3.05, 3.63) is 0 Å². The molecule has 3 heteroatoms. The summed E-state index contributed by atoms with van der Waals surface area (Å²) in [5.74, 6) is -0.0769. The number of esters is 1. The number of carbonyl (C=O) groups is 1. The van der Waals surface area contributed by atoms with Crippen LogP contribution >= 0.6 is 0 Å². The smallest absolute Gasteiger partial charge is 0.307 e. The van der Waals surface area contributed by atoms with Gasteiger partial charge in [-0.3, -0.25) is 10.1 Å². The Morgan fingerprint density at radius 2 is 2.55 bits per heavy atom. The number of ether oxygens (including phenoxy) is 1. The maximum atomic E-state index is 10.9. The Morgan fingerprint density at radius 3 is 3.09 bits per heavy atom. The van der Waals surface area contributed by atoms with Gasteiger partial charge in [0.25, 0.3) is 0 Å². The molecular weight excluding hydrogens is 142 g/mol. The summed E-state index contributed by atoms with van der Waals surface area (Å²) in [4.78, 5) is 10.9. The first-order valence-corrected chi connectivity index (χ1v) is 4.26. The molecule has 0 amide bonds. The van der Waals surface area contributed by atoms with Gasteiger partial charge in [-0.2, -0.15) is 0 Å². The molecule has 0 aliphatic carbocycles. The predicted octanol–water partition coefficient (Wildman–Crippen LogP) is 1.04. The van der Waals surface area contributed by atoms with Gasteiger partial charge in [0.05, 0.1) is 0 Å². The van der Waals surface area contributed by atoms with E-state index in [0.29, 0.717) is 6.42 Å². The minimum Gasteiger partial charge on any atom is -0.447 e. The van der Waals surface area contributed by atoms with Crippen molar-refractivity contribution in [2.75, 3.05) is 6.54 Å². The van der Waals surface area contributed by atoms with Crippen LogP contribution in [0.25, 0.3) is 0 Å². The SMILES string of the molecule is CCCC(=O)OC1CCCN1. The summed E-state index contributed by atoms with van der Waals surface area (Å²) in [5, 5.41) is 3.10. The van der Waals surface area contributed by atoms with Gasteiger partial charge in [0.15, 0.2) is 6.23 Å². The molecule has 64 valence electrons. The van der Waals surface area contributed by atoms with Gasteiger partial charge in [-0.15, -0.1) is 0 Å². The quantitative estimate of drug-likeness (QED) is 0.622. The van der Waals surface area contributed by atoms with E-state index in [0.717, 1.165) is 25.8 Å². The Labute approximate surface area is 67.1 Å². The van der Waals surface area contributed by atoms with Gasteiger partial charge in [-0.1, -0.05) is 6.92 Å². The van der Waals surface area contributed by atoms with Crippen LogP contribution in [-0.2, 0) is 9.53 Å². The fourth-order valence-corrected chi connectivity index (χ4v) is 1.17. The lowest BCUT2D eigenvalue weighted by molar-refractivity contribution is -0.149. The number of hydrogen-bond donors (Lipinski definition) is 1. The van der Waals surface area contributed by atoms with Crippen LogP contribution < -0.4 is 5.32 Å². The molecule has 1 N–H and O–H groups in total. The van der Waals surface area contributed by atoms with Crippen molar-refractivity contribution in [3.63, 3.8) is 0 Å². The minimum absolute atomic E-state index is 0.00551. The molecular formula is C8H15NO2. The molecule has 0 aromatic carbocycles. The third-order valence-corrected chi connectivity index (χ3v) is 1.74. The standard InChI is InChI=1S/C8H15NO2/c1-2-4-8(10)11-7-5-3-6-9-7/h7,9H,2-6H2,1H3. The zero-order chi connectivity index (χ0) is 8.10. The molecule has 0 bridgehead atoms. The first-order chi connectivity index (χ1) is 5.33. The highest BCUT2D eigenvalue weighted by Gasteiger charge is 2.17. The largest absolute Gasteiger partial charge is 0.447 e. The van der Waals surface area contributed by atoms with Crippen LogP contribution in [0.15, 0.2) is 0 Å². The van der Waals surface area contributed by atoms with Gasteiger partial charge in [-0.05, 0) is 25.8 Å². The number of rotatable bonds is 3. The highest BCUT2D eigenvalue weighted by molar-refractivity contribution is 5.69. The molecule has 1 unspecified atom stereocenters. The third kappa shape index (κ3) is 2.89. The van der Waals surface area contributed by atoms with Crippen molar-refractivity contribution in [2.45, 2.75) is 38.8 Å². The van der Waals surface area contributed by atoms with E-state index in [1.54, 1.807) is 0 Å². The zero-order valence-corrected chi connectivity index (χ0v) is 6.93. The van der Waals surface area contributed by atoms with Crippen molar-refractivity contribution >= 4 is 5.97 Å². The van der Waals surface area contributed by atoms with E-state index in [4.69, 9.17) is 4.74 Å². The second-order valence-electron chi connectivity index (χ2n) is 2.82. The van der Waals surface area contributed by atoms with Crippen LogP contribution in [0.1, 0.15) is 32.6 Å². The maximum Gasteiger partial charge on any atom is 0.307 e. The van der Waals surface area contributed by atoms with Gasteiger partial charge < -0.3 is 4.74 Å². The predicted molar refractivity (Wildman–Crippen MR) is 42.0 cm³/mol. The highest BCUT2D eigenvalue weighted by atomic mass is 16.6. The van der Waals surface area contributed by atoms with Gasteiger partial charge in [-0.25, -0.2) is 0 Å². The van der Waals surface area contributed by atoms with Gasteiger partial charge in [0, 0.05) is 6.42 Å². The topological polar surface area (TPSA) is 38.3 Å². The summed E-state index contributed by atoms with van der Waals surface area (Å²) in [6.07, 6.45) is 3.48. The Hall–Kier alpha value is -0.570. The first kappa shape index (κ1) is 8.53. The molecule has 1 fully saturated rings. The first-order valence-electron chi connectivity index (χ1n) is 4.26. The summed E-state index contributed by atoms with van der Waals surface area (Å²) in [6, 6.07) is 0. The Balaban J connectivity index is 2.13. The molecule has 1 atom stereocenters. The summed E-state index contributed by atoms with van der Waals surface area (Å²) >= 11 is 0. The van der Waals surface area contributed by atoms with E-state index in [-0.39, 0.29) is 12.2 Å². The summed E-state index contributed by atoms with van der Waals surface area (Å²) in [7, 11) is 0. The third-order valence-electron chi connectivity index (χ3n) is 1.74. The van der Waals surface area contributed by atoms with Crippen LogP contribution in [0.2, 0.25) is 0 Å². The Kier molecular flexibility index (Phi) is 3.36. The summed E-state index contributed by atoms with van der Waals surface area (Å²) in [6.45, 7) is 2.95. The lowest BCUT2D eigenvalue weighted by Crippen LogP contribution is -2.27. The minimum atomic E-state index is -0.0769. The fourth-order valence-electron chi connectivity index (χ4n) is 1.17. The molecule has 1 heterocycles. The number of carbonyl (C=O) groups excluding carboxylic acids is 1. The van der Waals surface area contributed by atoms with E-state index in [1.165, 1.54) is 0 Å². The average molecular weight is 157 g/mol. The maximum absolute atomic E-state index is 10.9. The molecule has 0 spiro atoms. The molecule has 1 rings (SSSR count). The number of hydrogen-bond acceptors (Lipinski definition) is 3. The van der Waals surface area contributed by atoms with Crippen LogP contribution in [0.4, 0.5) is 0 Å². The molecule has 1 saturated heterocycles. The molecule has 1 aliphatic rings. The summed E-state index contributed by atoms with van der Waals surface area (Å²) in [5.41, 5.74) is 0. The van der Waals surface area contributed by atoms with Crippen LogP contribution in [0.3, 0.4) is 0 Å². The Morgan fingerprint density at radius 1 is 1.73 bits per heavy atom. The lowest BCUT2D eigenvalue weighted by Gasteiger charge is -2.10. The van der Waals surface area contributed by atoms with Crippen molar-refractivity contribution < 1.29 is 9.53 Å². The average Bonchev–Trinajstić information content (AvgIpc) is 2.40. The molecule has 3 nitrogen and oxygen atoms in total. The van der Waals surface area contributed by atoms with E-state index < -0.39 is 0 Å². The van der Waals surface area contributed by atoms with E-state index in [2.05, 4.69) is 5.32 Å². The molecule has 1 aliphatic heterocycles. The number of nitrogens with one attached hydrogen (secondary N) is 1. The van der Waals surface area contributed by atoms with Gasteiger partial charge >= 0.3 is 5.97 Å². The molecule has 11 heavy (non-hydrogen) atoms. The summed E-state index contributed by atoms with van der Waals surface area (Å²) < 4.78 is 5.10. The van der Waals surface area contributed by atoms with Crippen LogP contribution in [0.5, 0.6) is 0 Å². The Bertz CT molecular complexity index is 130. The van der Waals surface area contributed by atoms with Gasteiger partial charge in [0.2, 0.25) is 0 Å². The van der Waals surface area contributed by atoms with Crippen LogP contribution in [-0.4, -0.2) is 18.7 Å². The second kappa shape index (κ2) is 4.34. The molecule has 0 radical (unpaired) electrons. The molecule has 0 aromatic rings. The van der Waals surface area contributed by atoms with E-state index in [1.807, 2.05) is 6.92 Å². The molecule has 0 aromatic heterocycles. The van der Waals surface area contributed by atoms with Crippen molar-refractivity contribution in [3.8, 4) is 0 Å². The zero-order valence-electron chi connectivity index (χ0n) is 6.93. The fraction of sp³-hybridized carbons (Fsp3) is 0.875. The highest BCUT2D eigenvalue weighted by Crippen LogP contribution is 2.07. The van der Waals surface area contributed by atoms with Crippen molar-refractivity contribution in [1.29, 1.82) is 0 Å². The van der Waals surface area contributed by atoms with Crippen molar-refractivity contribution in [2.24, 2.45) is 0 Å².